The van der Waals surface area contributed by atoms with Crippen molar-refractivity contribution < 1.29 is 22.1 Å². The van der Waals surface area contributed by atoms with Crippen LogP contribution in [0.1, 0.15) is 23.0 Å². The summed E-state index contributed by atoms with van der Waals surface area (Å²) in [6.07, 6.45) is 0. The van der Waals surface area contributed by atoms with E-state index in [1.807, 2.05) is 0 Å². The van der Waals surface area contributed by atoms with Gasteiger partial charge in [0, 0.05) is 4.47 Å². The molecule has 0 amide bonds. The van der Waals surface area contributed by atoms with Gasteiger partial charge >= 0.3 is 16.1 Å². The average Bonchev–Trinajstić information content (AvgIpc) is 2.68. The van der Waals surface area contributed by atoms with E-state index in [1.165, 1.54) is 12.1 Å². The Morgan fingerprint density at radius 3 is 2.53 bits per heavy atom. The third kappa shape index (κ3) is 4.77. The van der Waals surface area contributed by atoms with Gasteiger partial charge in [-0.3, -0.25) is 4.79 Å². The monoisotopic (exact) mass is 492 g/mol. The SMILES string of the molecule is CCOC(=O)c1nn(-c2cccc(Br)c2)c(=O)cc1OS(=O)(=O)c1cccc(C)c1. The van der Waals surface area contributed by atoms with E-state index in [1.54, 1.807) is 50.2 Å². The van der Waals surface area contributed by atoms with Gasteiger partial charge < -0.3 is 8.92 Å². The highest BCUT2D eigenvalue weighted by atomic mass is 79.9. The van der Waals surface area contributed by atoms with Crippen LogP contribution in [-0.4, -0.2) is 30.8 Å². The fourth-order valence-corrected chi connectivity index (χ4v) is 4.00. The molecular formula is C20H17BrN2O6S. The lowest BCUT2D eigenvalue weighted by Gasteiger charge is -2.13. The van der Waals surface area contributed by atoms with Crippen LogP contribution in [-0.2, 0) is 14.9 Å². The number of hydrogen-bond acceptors (Lipinski definition) is 7. The lowest BCUT2D eigenvalue weighted by Crippen LogP contribution is -2.26. The summed E-state index contributed by atoms with van der Waals surface area (Å²) < 4.78 is 37.1. The van der Waals surface area contributed by atoms with E-state index in [0.29, 0.717) is 15.7 Å². The van der Waals surface area contributed by atoms with Gasteiger partial charge in [0.1, 0.15) is 4.90 Å². The van der Waals surface area contributed by atoms with Crippen LogP contribution >= 0.6 is 15.9 Å². The second-order valence-electron chi connectivity index (χ2n) is 6.16. The molecule has 0 radical (unpaired) electrons. The van der Waals surface area contributed by atoms with E-state index in [0.717, 1.165) is 10.7 Å². The van der Waals surface area contributed by atoms with E-state index < -0.39 is 33.1 Å². The van der Waals surface area contributed by atoms with Crippen molar-refractivity contribution >= 4 is 32.0 Å². The van der Waals surface area contributed by atoms with Gasteiger partial charge in [0.15, 0.2) is 5.75 Å². The Labute approximate surface area is 181 Å². The van der Waals surface area contributed by atoms with Crippen LogP contribution in [0.2, 0.25) is 0 Å². The highest BCUT2D eigenvalue weighted by Gasteiger charge is 2.25. The first-order valence-electron chi connectivity index (χ1n) is 8.80. The van der Waals surface area contributed by atoms with Crippen LogP contribution < -0.4 is 9.74 Å². The van der Waals surface area contributed by atoms with Crippen molar-refractivity contribution in [2.75, 3.05) is 6.61 Å². The molecular weight excluding hydrogens is 476 g/mol. The van der Waals surface area contributed by atoms with E-state index >= 15 is 0 Å². The fraction of sp³-hybridized carbons (Fsp3) is 0.150. The molecule has 0 bridgehead atoms. The number of halogens is 1. The first-order valence-corrected chi connectivity index (χ1v) is 11.0. The second-order valence-corrected chi connectivity index (χ2v) is 8.62. The largest absolute Gasteiger partial charge is 0.461 e. The Morgan fingerprint density at radius 2 is 1.87 bits per heavy atom. The molecule has 0 aliphatic rings. The van der Waals surface area contributed by atoms with Crippen molar-refractivity contribution in [3.63, 3.8) is 0 Å². The molecule has 0 atom stereocenters. The van der Waals surface area contributed by atoms with Crippen LogP contribution in [0.25, 0.3) is 5.69 Å². The molecule has 10 heteroatoms. The van der Waals surface area contributed by atoms with E-state index in [9.17, 15) is 18.0 Å². The van der Waals surface area contributed by atoms with Crippen molar-refractivity contribution in [2.24, 2.45) is 0 Å². The fourth-order valence-electron chi connectivity index (χ4n) is 2.57. The minimum absolute atomic E-state index is 0.0284. The minimum Gasteiger partial charge on any atom is -0.461 e. The summed E-state index contributed by atoms with van der Waals surface area (Å²) in [7, 11) is -4.31. The highest BCUT2D eigenvalue weighted by molar-refractivity contribution is 9.10. The van der Waals surface area contributed by atoms with Gasteiger partial charge in [-0.05, 0) is 49.7 Å². The Balaban J connectivity index is 2.13. The van der Waals surface area contributed by atoms with Crippen LogP contribution in [0, 0.1) is 6.92 Å². The smallest absolute Gasteiger partial charge is 0.362 e. The number of carbonyl (C=O) groups is 1. The van der Waals surface area contributed by atoms with E-state index in [4.69, 9.17) is 8.92 Å². The molecule has 1 heterocycles. The maximum atomic E-state index is 12.7. The predicted molar refractivity (Wildman–Crippen MR) is 112 cm³/mol. The van der Waals surface area contributed by atoms with Crippen LogP contribution in [0.4, 0.5) is 0 Å². The summed E-state index contributed by atoms with van der Waals surface area (Å²) in [6.45, 7) is 3.34. The Hall–Kier alpha value is -2.98. The molecule has 156 valence electrons. The van der Waals surface area contributed by atoms with E-state index in [-0.39, 0.29) is 11.5 Å². The van der Waals surface area contributed by atoms with Gasteiger partial charge in [-0.15, -0.1) is 0 Å². The number of benzene rings is 2. The van der Waals surface area contributed by atoms with Gasteiger partial charge in [-0.1, -0.05) is 34.1 Å². The molecule has 8 nitrogen and oxygen atoms in total. The number of nitrogens with zero attached hydrogens (tertiary/aromatic N) is 2. The van der Waals surface area contributed by atoms with Gasteiger partial charge in [0.2, 0.25) is 5.69 Å². The molecule has 0 saturated heterocycles. The zero-order valence-corrected chi connectivity index (χ0v) is 18.4. The number of esters is 1. The molecule has 0 fully saturated rings. The quantitative estimate of drug-likeness (QED) is 0.384. The van der Waals surface area contributed by atoms with Gasteiger partial charge in [0.05, 0.1) is 18.4 Å². The van der Waals surface area contributed by atoms with Crippen molar-refractivity contribution in [2.45, 2.75) is 18.7 Å². The number of carbonyl (C=O) groups excluding carboxylic acids is 1. The Kier molecular flexibility index (Phi) is 6.37. The van der Waals surface area contributed by atoms with Gasteiger partial charge in [0.25, 0.3) is 5.56 Å². The first-order chi connectivity index (χ1) is 14.2. The van der Waals surface area contributed by atoms with Crippen molar-refractivity contribution in [3.8, 4) is 11.4 Å². The van der Waals surface area contributed by atoms with Crippen molar-refractivity contribution in [3.05, 3.63) is 80.7 Å². The molecule has 0 saturated carbocycles. The van der Waals surface area contributed by atoms with Crippen LogP contribution in [0.15, 0.2) is 68.8 Å². The summed E-state index contributed by atoms with van der Waals surface area (Å²) in [5, 5.41) is 4.02. The molecule has 0 N–H and O–H groups in total. The Morgan fingerprint density at radius 1 is 1.13 bits per heavy atom. The van der Waals surface area contributed by atoms with Gasteiger partial charge in [-0.2, -0.15) is 18.2 Å². The summed E-state index contributed by atoms with van der Waals surface area (Å²) in [5.41, 5.74) is -0.0512. The summed E-state index contributed by atoms with van der Waals surface area (Å²) >= 11 is 3.30. The number of hydrogen-bond donors (Lipinski definition) is 0. The summed E-state index contributed by atoms with van der Waals surface area (Å²) in [5.74, 6) is -1.43. The van der Waals surface area contributed by atoms with Crippen molar-refractivity contribution in [1.82, 2.24) is 9.78 Å². The number of ether oxygens (including phenoxy) is 1. The van der Waals surface area contributed by atoms with Crippen LogP contribution in [0.5, 0.6) is 5.75 Å². The molecule has 0 aliphatic heterocycles. The third-order valence-electron chi connectivity index (χ3n) is 3.90. The van der Waals surface area contributed by atoms with Crippen LogP contribution in [0.3, 0.4) is 0 Å². The first kappa shape index (κ1) is 21.7. The number of aromatic nitrogens is 2. The molecule has 3 rings (SSSR count). The number of aryl methyl sites for hydroxylation is 1. The molecule has 0 spiro atoms. The molecule has 2 aromatic carbocycles. The minimum atomic E-state index is -4.31. The lowest BCUT2D eigenvalue weighted by molar-refractivity contribution is 0.0515. The zero-order valence-electron chi connectivity index (χ0n) is 16.0. The standard InChI is InChI=1S/C20H17BrN2O6S/c1-3-28-20(25)19-17(29-30(26,27)16-9-4-6-13(2)10-16)12-18(24)23(22-19)15-8-5-7-14(21)11-15/h4-12H,3H2,1-2H3. The maximum absolute atomic E-state index is 12.7. The molecule has 30 heavy (non-hydrogen) atoms. The zero-order chi connectivity index (χ0) is 21.9. The second kappa shape index (κ2) is 8.80. The maximum Gasteiger partial charge on any atom is 0.362 e. The molecule has 3 aromatic rings. The van der Waals surface area contributed by atoms with Crippen molar-refractivity contribution in [1.29, 1.82) is 0 Å². The molecule has 0 aliphatic carbocycles. The lowest BCUT2D eigenvalue weighted by atomic mass is 10.2. The normalized spacial score (nSPS) is 11.2. The Bertz CT molecular complexity index is 1270. The topological polar surface area (TPSA) is 105 Å². The van der Waals surface area contributed by atoms with E-state index in [2.05, 4.69) is 21.0 Å². The number of rotatable bonds is 6. The average molecular weight is 493 g/mol. The summed E-state index contributed by atoms with van der Waals surface area (Å²) in [6, 6.07) is 13.6. The highest BCUT2D eigenvalue weighted by Crippen LogP contribution is 2.23. The molecule has 0 unspecified atom stereocenters. The third-order valence-corrected chi connectivity index (χ3v) is 5.62. The summed E-state index contributed by atoms with van der Waals surface area (Å²) in [4.78, 5) is 24.9. The van der Waals surface area contributed by atoms with Gasteiger partial charge in [-0.25, -0.2) is 4.79 Å². The predicted octanol–water partition coefficient (Wildman–Crippen LogP) is 3.25. The molecule has 1 aromatic heterocycles.